The minimum absolute atomic E-state index is 0.715. The number of ether oxygens (including phenoxy) is 1. The van der Waals surface area contributed by atoms with Crippen LogP contribution in [0.5, 0.6) is 0 Å². The Labute approximate surface area is 55.6 Å². The first kappa shape index (κ1) is 7.95. The van der Waals surface area contributed by atoms with Gasteiger partial charge in [0.1, 0.15) is 5.76 Å². The van der Waals surface area contributed by atoms with E-state index >= 15 is 0 Å². The fourth-order valence-corrected chi connectivity index (χ4v) is 0.407. The molecule has 0 bridgehead atoms. The van der Waals surface area contributed by atoms with Crippen LogP contribution in [0.1, 0.15) is 0 Å². The molecule has 0 saturated carbocycles. The fourth-order valence-electron chi connectivity index (χ4n) is 0.407. The smallest absolute Gasteiger partial charge is 0.136 e. The molecule has 0 amide bonds. The van der Waals surface area contributed by atoms with Crippen molar-refractivity contribution in [1.29, 1.82) is 0 Å². The molecule has 0 aliphatic rings. The predicted molar refractivity (Wildman–Crippen MR) is 39.7 cm³/mol. The van der Waals surface area contributed by atoms with Gasteiger partial charge in [0.05, 0.1) is 13.3 Å². The van der Waals surface area contributed by atoms with E-state index in [1.807, 2.05) is 0 Å². The van der Waals surface area contributed by atoms with E-state index in [0.717, 1.165) is 0 Å². The van der Waals surface area contributed by atoms with Crippen LogP contribution in [-0.4, -0.2) is 20.4 Å². The van der Waals surface area contributed by atoms with Crippen molar-refractivity contribution in [3.05, 3.63) is 24.5 Å². The van der Waals surface area contributed by atoms with Crippen LogP contribution in [0, 0.1) is 0 Å². The van der Waals surface area contributed by atoms with Gasteiger partial charge in [-0.05, 0) is 6.08 Å². The Morgan fingerprint density at radius 1 is 1.67 bits per heavy atom. The van der Waals surface area contributed by atoms with E-state index in [1.54, 1.807) is 32.5 Å². The maximum absolute atomic E-state index is 4.87. The summed E-state index contributed by atoms with van der Waals surface area (Å²) in [6.45, 7) is 3.51. The molecule has 0 aromatic heterocycles. The first-order chi connectivity index (χ1) is 4.35. The summed E-state index contributed by atoms with van der Waals surface area (Å²) < 4.78 is 4.87. The highest BCUT2D eigenvalue weighted by Crippen LogP contribution is 1.89. The van der Waals surface area contributed by atoms with E-state index < -0.39 is 0 Å². The molecule has 0 fully saturated rings. The molecular formula is C7H11NO. The Morgan fingerprint density at radius 2 is 2.33 bits per heavy atom. The normalized spacial score (nSPS) is 12.0. The van der Waals surface area contributed by atoms with Crippen molar-refractivity contribution in [2.75, 3.05) is 14.2 Å². The summed E-state index contributed by atoms with van der Waals surface area (Å²) in [6.07, 6.45) is 5.02. The second kappa shape index (κ2) is 5.09. The molecule has 0 N–H and O–H groups in total. The maximum atomic E-state index is 4.87. The Hall–Kier alpha value is -1.05. The summed E-state index contributed by atoms with van der Waals surface area (Å²) in [4.78, 5) is 3.76. The van der Waals surface area contributed by atoms with Crippen LogP contribution >= 0.6 is 0 Å². The van der Waals surface area contributed by atoms with E-state index in [-0.39, 0.29) is 0 Å². The van der Waals surface area contributed by atoms with Gasteiger partial charge in [-0.1, -0.05) is 12.7 Å². The first-order valence-electron chi connectivity index (χ1n) is 2.64. The summed E-state index contributed by atoms with van der Waals surface area (Å²) in [7, 11) is 3.28. The number of hydrogen-bond donors (Lipinski definition) is 0. The summed E-state index contributed by atoms with van der Waals surface area (Å²) in [6, 6.07) is 0. The highest BCUT2D eigenvalue weighted by Gasteiger charge is 1.82. The molecule has 0 heterocycles. The summed E-state index contributed by atoms with van der Waals surface area (Å²) in [5.74, 6) is 0.715. The largest absolute Gasteiger partial charge is 0.495 e. The molecule has 0 aromatic carbocycles. The molecule has 0 atom stereocenters. The van der Waals surface area contributed by atoms with Crippen molar-refractivity contribution in [3.63, 3.8) is 0 Å². The molecule has 0 radical (unpaired) electrons. The van der Waals surface area contributed by atoms with Gasteiger partial charge < -0.3 is 4.74 Å². The topological polar surface area (TPSA) is 21.6 Å². The van der Waals surface area contributed by atoms with E-state index in [1.165, 1.54) is 0 Å². The Kier molecular flexibility index (Phi) is 4.50. The minimum Gasteiger partial charge on any atom is -0.495 e. The highest BCUT2D eigenvalue weighted by molar-refractivity contribution is 5.76. The lowest BCUT2D eigenvalue weighted by atomic mass is 10.4. The van der Waals surface area contributed by atoms with Crippen molar-refractivity contribution in [2.45, 2.75) is 0 Å². The Bertz CT molecular complexity index is 136. The molecule has 9 heavy (non-hydrogen) atoms. The van der Waals surface area contributed by atoms with E-state index in [4.69, 9.17) is 4.74 Å². The molecule has 0 aliphatic heterocycles. The predicted octanol–water partition coefficient (Wildman–Crippen LogP) is 1.40. The van der Waals surface area contributed by atoms with Gasteiger partial charge in [0, 0.05) is 7.05 Å². The van der Waals surface area contributed by atoms with Crippen LogP contribution in [0.25, 0.3) is 0 Å². The Morgan fingerprint density at radius 3 is 2.67 bits per heavy atom. The first-order valence-corrected chi connectivity index (χ1v) is 2.64. The zero-order valence-corrected chi connectivity index (χ0v) is 5.79. The zero-order chi connectivity index (χ0) is 7.11. The van der Waals surface area contributed by atoms with Crippen LogP contribution in [0.2, 0.25) is 0 Å². The number of hydrogen-bond acceptors (Lipinski definition) is 2. The lowest BCUT2D eigenvalue weighted by Gasteiger charge is -1.94. The van der Waals surface area contributed by atoms with Gasteiger partial charge in [0.25, 0.3) is 0 Å². The van der Waals surface area contributed by atoms with Crippen molar-refractivity contribution >= 4 is 6.21 Å². The van der Waals surface area contributed by atoms with Gasteiger partial charge in [0.15, 0.2) is 0 Å². The van der Waals surface area contributed by atoms with Crippen LogP contribution < -0.4 is 0 Å². The van der Waals surface area contributed by atoms with Crippen molar-refractivity contribution in [2.24, 2.45) is 4.99 Å². The third-order valence-electron chi connectivity index (χ3n) is 0.774. The van der Waals surface area contributed by atoms with Gasteiger partial charge in [0.2, 0.25) is 0 Å². The van der Waals surface area contributed by atoms with Gasteiger partial charge in [-0.3, -0.25) is 4.99 Å². The summed E-state index contributed by atoms with van der Waals surface area (Å²) in [5, 5.41) is 0. The number of aliphatic imine (C=N–C) groups is 1. The highest BCUT2D eigenvalue weighted by atomic mass is 16.5. The standard InChI is InChI=1S/C7H11NO/c1-4-5-7(9-3)6-8-2/h4-6H,1H2,2-3H3/b7-5+,8-6-. The van der Waals surface area contributed by atoms with Crippen molar-refractivity contribution < 1.29 is 4.74 Å². The molecule has 0 unspecified atom stereocenters. The third kappa shape index (κ3) is 3.53. The van der Waals surface area contributed by atoms with Gasteiger partial charge in [-0.2, -0.15) is 0 Å². The maximum Gasteiger partial charge on any atom is 0.136 e. The van der Waals surface area contributed by atoms with Crippen molar-refractivity contribution in [1.82, 2.24) is 0 Å². The number of methoxy groups -OCH3 is 1. The van der Waals surface area contributed by atoms with Gasteiger partial charge in [-0.15, -0.1) is 0 Å². The van der Waals surface area contributed by atoms with Crippen LogP contribution in [0.4, 0.5) is 0 Å². The summed E-state index contributed by atoms with van der Waals surface area (Å²) >= 11 is 0. The zero-order valence-electron chi connectivity index (χ0n) is 5.79. The second-order valence-electron chi connectivity index (χ2n) is 1.40. The monoisotopic (exact) mass is 125 g/mol. The molecule has 0 aliphatic carbocycles. The van der Waals surface area contributed by atoms with Gasteiger partial charge >= 0.3 is 0 Å². The fraction of sp³-hybridized carbons (Fsp3) is 0.286. The SMILES string of the molecule is C=C/C=C(\C=N/C)OC. The number of nitrogens with zero attached hydrogens (tertiary/aromatic N) is 1. The molecule has 50 valence electrons. The van der Waals surface area contributed by atoms with Crippen LogP contribution in [-0.2, 0) is 4.74 Å². The molecular weight excluding hydrogens is 114 g/mol. The molecule has 0 rings (SSSR count). The average molecular weight is 125 g/mol. The van der Waals surface area contributed by atoms with Crippen LogP contribution in [0.15, 0.2) is 29.5 Å². The molecule has 2 heteroatoms. The minimum atomic E-state index is 0.715. The number of rotatable bonds is 3. The van der Waals surface area contributed by atoms with Crippen LogP contribution in [0.3, 0.4) is 0 Å². The van der Waals surface area contributed by atoms with Crippen molar-refractivity contribution in [3.8, 4) is 0 Å². The quantitative estimate of drug-likeness (QED) is 0.317. The van der Waals surface area contributed by atoms with E-state index in [2.05, 4.69) is 11.6 Å². The molecule has 0 saturated heterocycles. The Balaban J connectivity index is 3.96. The average Bonchev–Trinajstić information content (AvgIpc) is 1.88. The second-order valence-corrected chi connectivity index (χ2v) is 1.40. The van der Waals surface area contributed by atoms with E-state index in [0.29, 0.717) is 5.76 Å². The summed E-state index contributed by atoms with van der Waals surface area (Å²) in [5.41, 5.74) is 0. The lowest BCUT2D eigenvalue weighted by molar-refractivity contribution is 0.317. The molecule has 0 aromatic rings. The molecule has 2 nitrogen and oxygen atoms in total. The third-order valence-corrected chi connectivity index (χ3v) is 0.774. The lowest BCUT2D eigenvalue weighted by Crippen LogP contribution is -1.85. The number of allylic oxidation sites excluding steroid dienone is 3. The van der Waals surface area contributed by atoms with Gasteiger partial charge in [-0.25, -0.2) is 0 Å². The molecule has 0 spiro atoms. The van der Waals surface area contributed by atoms with E-state index in [9.17, 15) is 0 Å².